The van der Waals surface area contributed by atoms with Crippen LogP contribution in [-0.2, 0) is 20.9 Å². The molecule has 33 heavy (non-hydrogen) atoms. The van der Waals surface area contributed by atoms with Crippen LogP contribution in [0.5, 0.6) is 0 Å². The first-order chi connectivity index (χ1) is 15.7. The first-order valence-electron chi connectivity index (χ1n) is 9.93. The normalized spacial score (nSPS) is 17.6. The molecule has 4 rings (SSSR count). The van der Waals surface area contributed by atoms with Crippen molar-refractivity contribution in [2.45, 2.75) is 25.4 Å². The predicted octanol–water partition coefficient (Wildman–Crippen LogP) is -0.980. The van der Waals surface area contributed by atoms with Gasteiger partial charge in [0.15, 0.2) is 5.69 Å². The predicted molar refractivity (Wildman–Crippen MR) is 110 cm³/mol. The smallest absolute Gasteiger partial charge is 0.275 e. The van der Waals surface area contributed by atoms with Crippen LogP contribution < -0.4 is 10.6 Å². The van der Waals surface area contributed by atoms with E-state index in [0.717, 1.165) is 9.58 Å². The maximum atomic E-state index is 13.1. The number of hydrogen-bond acceptors (Lipinski definition) is 8. The van der Waals surface area contributed by atoms with E-state index in [2.05, 4.69) is 20.9 Å². The average Bonchev–Trinajstić information content (AvgIpc) is 3.31. The molecule has 2 aromatic rings. The van der Waals surface area contributed by atoms with E-state index < -0.39 is 35.6 Å². The summed E-state index contributed by atoms with van der Waals surface area (Å²) in [5, 5.41) is 12.2. The zero-order valence-electron chi connectivity index (χ0n) is 17.7. The number of aromatic nitrogens is 3. The number of carbonyl (C=O) groups is 6. The number of amides is 6. The Morgan fingerprint density at radius 3 is 2.64 bits per heavy atom. The van der Waals surface area contributed by atoms with Gasteiger partial charge in [-0.2, -0.15) is 0 Å². The van der Waals surface area contributed by atoms with E-state index in [1.165, 1.54) is 29.3 Å². The van der Waals surface area contributed by atoms with Crippen molar-refractivity contribution >= 4 is 41.1 Å². The van der Waals surface area contributed by atoms with Crippen LogP contribution in [0.2, 0.25) is 0 Å². The van der Waals surface area contributed by atoms with Crippen molar-refractivity contribution in [3.63, 3.8) is 0 Å². The Bertz CT molecular complexity index is 1220. The molecule has 0 saturated carbocycles. The number of carbonyl (C=O) groups excluding carboxylic acids is 6. The molecule has 1 aromatic heterocycles. The topological polar surface area (TPSA) is 164 Å². The molecule has 13 heteroatoms. The molecular formula is C20H19N7O6. The second-order valence-corrected chi connectivity index (χ2v) is 7.72. The second kappa shape index (κ2) is 8.26. The molecule has 2 aliphatic heterocycles. The summed E-state index contributed by atoms with van der Waals surface area (Å²) in [4.78, 5) is 76.1. The Morgan fingerprint density at radius 2 is 1.94 bits per heavy atom. The molecule has 2 N–H and O–H groups in total. The Balaban J connectivity index is 1.52. The fourth-order valence-electron chi connectivity index (χ4n) is 3.66. The molecule has 13 nitrogen and oxygen atoms in total. The molecule has 0 bridgehead atoms. The maximum absolute atomic E-state index is 13.1. The summed E-state index contributed by atoms with van der Waals surface area (Å²) in [6, 6.07) is 3.27. The lowest BCUT2D eigenvalue weighted by atomic mass is 10.0. The van der Waals surface area contributed by atoms with E-state index >= 15 is 0 Å². The molecule has 0 spiro atoms. The largest absolute Gasteiger partial charge is 0.343 e. The number of rotatable bonds is 5. The number of imide groups is 2. The number of nitrogens with zero attached hydrogens (tertiary/aromatic N) is 5. The lowest BCUT2D eigenvalue weighted by Gasteiger charge is -2.27. The lowest BCUT2D eigenvalue weighted by molar-refractivity contribution is -0.136. The SMILES string of the molecule is CN(C)C(=O)c1cn(CC(=O)Nc2cccc3c2C(=O)N(C2CCC(=O)NC2=O)C3=O)nn1. The van der Waals surface area contributed by atoms with E-state index in [-0.39, 0.29) is 47.8 Å². The van der Waals surface area contributed by atoms with Crippen LogP contribution in [0.25, 0.3) is 0 Å². The number of benzene rings is 1. The van der Waals surface area contributed by atoms with Crippen LogP contribution in [0.4, 0.5) is 5.69 Å². The van der Waals surface area contributed by atoms with E-state index in [0.29, 0.717) is 0 Å². The fourth-order valence-corrected chi connectivity index (χ4v) is 3.66. The number of fused-ring (bicyclic) bond motifs is 1. The van der Waals surface area contributed by atoms with E-state index in [1.807, 2.05) is 0 Å². The van der Waals surface area contributed by atoms with Crippen molar-refractivity contribution in [2.24, 2.45) is 0 Å². The monoisotopic (exact) mass is 453 g/mol. The zero-order valence-corrected chi connectivity index (χ0v) is 17.7. The summed E-state index contributed by atoms with van der Waals surface area (Å²) in [6.07, 6.45) is 1.35. The minimum atomic E-state index is -1.11. The Hall–Kier alpha value is -4.42. The van der Waals surface area contributed by atoms with E-state index in [4.69, 9.17) is 0 Å². The third-order valence-corrected chi connectivity index (χ3v) is 5.21. The first-order valence-corrected chi connectivity index (χ1v) is 9.93. The summed E-state index contributed by atoms with van der Waals surface area (Å²) in [5.74, 6) is -3.55. The summed E-state index contributed by atoms with van der Waals surface area (Å²) in [7, 11) is 3.11. The number of anilines is 1. The first kappa shape index (κ1) is 21.8. The molecule has 0 radical (unpaired) electrons. The molecule has 6 amide bonds. The maximum Gasteiger partial charge on any atom is 0.275 e. The molecule has 2 aliphatic rings. The van der Waals surface area contributed by atoms with Crippen LogP contribution >= 0.6 is 0 Å². The molecule has 1 atom stereocenters. The highest BCUT2D eigenvalue weighted by Gasteiger charge is 2.45. The van der Waals surface area contributed by atoms with Crippen molar-refractivity contribution in [1.29, 1.82) is 0 Å². The van der Waals surface area contributed by atoms with Crippen molar-refractivity contribution in [3.8, 4) is 0 Å². The Kier molecular flexibility index (Phi) is 5.45. The van der Waals surface area contributed by atoms with Gasteiger partial charge >= 0.3 is 0 Å². The molecule has 1 saturated heterocycles. The van der Waals surface area contributed by atoms with Gasteiger partial charge in [0.25, 0.3) is 17.7 Å². The van der Waals surface area contributed by atoms with Crippen LogP contribution in [0.3, 0.4) is 0 Å². The summed E-state index contributed by atoms with van der Waals surface area (Å²) in [5.41, 5.74) is 0.161. The van der Waals surface area contributed by atoms with Gasteiger partial charge in [-0.05, 0) is 18.6 Å². The standard InChI is InChI=1S/C20H19N7O6/c1-25(2)19(32)12-8-26(24-23-12)9-15(29)21-11-5-3-4-10-16(11)20(33)27(18(10)31)13-6-7-14(28)22-17(13)30/h3-5,8,13H,6-7,9H2,1-2H3,(H,21,29)(H,22,28,30). The highest BCUT2D eigenvalue weighted by Crippen LogP contribution is 2.32. The molecule has 0 aliphatic carbocycles. The third-order valence-electron chi connectivity index (χ3n) is 5.21. The minimum absolute atomic E-state index is 0.00360. The van der Waals surface area contributed by atoms with Crippen LogP contribution in [-0.4, -0.2) is 80.4 Å². The third kappa shape index (κ3) is 3.95. The zero-order chi connectivity index (χ0) is 23.9. The van der Waals surface area contributed by atoms with Gasteiger partial charge in [0, 0.05) is 20.5 Å². The second-order valence-electron chi connectivity index (χ2n) is 7.72. The van der Waals surface area contributed by atoms with Crippen molar-refractivity contribution in [3.05, 3.63) is 41.2 Å². The van der Waals surface area contributed by atoms with Crippen LogP contribution in [0.1, 0.15) is 44.0 Å². The quantitative estimate of drug-likeness (QED) is 0.546. The van der Waals surface area contributed by atoms with Gasteiger partial charge in [-0.1, -0.05) is 11.3 Å². The molecule has 170 valence electrons. The van der Waals surface area contributed by atoms with Gasteiger partial charge in [0.2, 0.25) is 17.7 Å². The molecular weight excluding hydrogens is 434 g/mol. The van der Waals surface area contributed by atoms with Crippen molar-refractivity contribution < 1.29 is 28.8 Å². The van der Waals surface area contributed by atoms with Gasteiger partial charge < -0.3 is 10.2 Å². The van der Waals surface area contributed by atoms with E-state index in [1.54, 1.807) is 14.1 Å². The van der Waals surface area contributed by atoms with Crippen LogP contribution in [0.15, 0.2) is 24.4 Å². The van der Waals surface area contributed by atoms with Crippen LogP contribution in [0, 0.1) is 0 Å². The van der Waals surface area contributed by atoms with Gasteiger partial charge in [0.05, 0.1) is 23.0 Å². The van der Waals surface area contributed by atoms with Gasteiger partial charge in [-0.3, -0.25) is 39.0 Å². The van der Waals surface area contributed by atoms with Gasteiger partial charge in [0.1, 0.15) is 12.6 Å². The molecule has 1 unspecified atom stereocenters. The average molecular weight is 453 g/mol. The fraction of sp³-hybridized carbons (Fsp3) is 0.300. The highest BCUT2D eigenvalue weighted by molar-refractivity contribution is 6.26. The number of nitrogens with one attached hydrogen (secondary N) is 2. The highest BCUT2D eigenvalue weighted by atomic mass is 16.2. The molecule has 1 fully saturated rings. The Labute approximate surface area is 186 Å². The molecule has 3 heterocycles. The molecule has 1 aromatic carbocycles. The van der Waals surface area contributed by atoms with E-state index in [9.17, 15) is 28.8 Å². The summed E-state index contributed by atoms with van der Waals surface area (Å²) >= 11 is 0. The van der Waals surface area contributed by atoms with Crippen molar-refractivity contribution in [1.82, 2.24) is 30.1 Å². The van der Waals surface area contributed by atoms with Crippen molar-refractivity contribution in [2.75, 3.05) is 19.4 Å². The summed E-state index contributed by atoms with van der Waals surface area (Å²) in [6.45, 7) is -0.295. The number of piperidine rings is 1. The Morgan fingerprint density at radius 1 is 1.18 bits per heavy atom. The van der Waals surface area contributed by atoms with Gasteiger partial charge in [-0.15, -0.1) is 5.10 Å². The number of hydrogen-bond donors (Lipinski definition) is 2. The van der Waals surface area contributed by atoms with Gasteiger partial charge in [-0.25, -0.2) is 4.68 Å². The minimum Gasteiger partial charge on any atom is -0.343 e. The lowest BCUT2D eigenvalue weighted by Crippen LogP contribution is -2.54. The summed E-state index contributed by atoms with van der Waals surface area (Å²) < 4.78 is 1.16.